The van der Waals surface area contributed by atoms with Gasteiger partial charge in [-0.1, -0.05) is 13.8 Å². The van der Waals surface area contributed by atoms with Crippen LogP contribution in [0.2, 0.25) is 0 Å². The first kappa shape index (κ1) is 17.0. The lowest BCUT2D eigenvalue weighted by molar-refractivity contribution is 0.0737. The number of rotatable bonds is 5. The number of sulfone groups is 1. The van der Waals surface area contributed by atoms with Crippen LogP contribution in [-0.2, 0) is 16.4 Å². The third kappa shape index (κ3) is 3.69. The van der Waals surface area contributed by atoms with Crippen LogP contribution in [0.3, 0.4) is 0 Å². The Morgan fingerprint density at radius 1 is 1.45 bits per heavy atom. The van der Waals surface area contributed by atoms with Crippen molar-refractivity contribution in [2.24, 2.45) is 5.92 Å². The maximum Gasteiger partial charge on any atom is 0.257 e. The van der Waals surface area contributed by atoms with Crippen molar-refractivity contribution < 1.29 is 13.2 Å². The molecule has 1 aliphatic rings. The highest BCUT2D eigenvalue weighted by Crippen LogP contribution is 2.29. The lowest BCUT2D eigenvalue weighted by Crippen LogP contribution is -2.44. The molecule has 124 valence electrons. The number of carbonyl (C=O) groups is 1. The Kier molecular flexibility index (Phi) is 4.94. The Hall–Kier alpha value is -1.37. The molecule has 1 fully saturated rings. The highest BCUT2D eigenvalue weighted by molar-refractivity contribution is 7.91. The predicted octanol–water partition coefficient (Wildman–Crippen LogP) is 1.58. The van der Waals surface area contributed by atoms with E-state index in [-0.39, 0.29) is 11.9 Å². The second-order valence-corrected chi connectivity index (χ2v) is 8.89. The standard InChI is InChI=1S/C15H25N3O3S/c1-11(2)9-18-10-12(8-16-18)15(19)17(3)13-6-5-7-14(13)22(4,20)21/h8,10-11,13-14H,5-7,9H2,1-4H3/t13-,14+/m1/s1. The molecule has 0 unspecified atom stereocenters. The van der Waals surface area contributed by atoms with Crippen LogP contribution < -0.4 is 0 Å². The number of amides is 1. The maximum atomic E-state index is 12.6. The van der Waals surface area contributed by atoms with E-state index in [1.54, 1.807) is 29.0 Å². The van der Waals surface area contributed by atoms with E-state index in [1.165, 1.54) is 6.26 Å². The van der Waals surface area contributed by atoms with Gasteiger partial charge in [-0.25, -0.2) is 8.42 Å². The van der Waals surface area contributed by atoms with Gasteiger partial charge in [0.1, 0.15) is 0 Å². The van der Waals surface area contributed by atoms with E-state index in [4.69, 9.17) is 0 Å². The van der Waals surface area contributed by atoms with Crippen LogP contribution in [-0.4, -0.2) is 53.6 Å². The number of aromatic nitrogens is 2. The van der Waals surface area contributed by atoms with Gasteiger partial charge in [-0.2, -0.15) is 5.10 Å². The van der Waals surface area contributed by atoms with Crippen LogP contribution >= 0.6 is 0 Å². The molecule has 7 heteroatoms. The Morgan fingerprint density at radius 3 is 2.73 bits per heavy atom. The largest absolute Gasteiger partial charge is 0.337 e. The van der Waals surface area contributed by atoms with Gasteiger partial charge in [0, 0.05) is 32.1 Å². The van der Waals surface area contributed by atoms with Crippen molar-refractivity contribution >= 4 is 15.7 Å². The van der Waals surface area contributed by atoms with Crippen LogP contribution in [0.4, 0.5) is 0 Å². The molecule has 1 saturated carbocycles. The third-order valence-corrected chi connectivity index (χ3v) is 5.87. The molecular formula is C15H25N3O3S. The minimum absolute atomic E-state index is 0.157. The van der Waals surface area contributed by atoms with Gasteiger partial charge in [0.05, 0.1) is 17.0 Å². The van der Waals surface area contributed by atoms with Crippen molar-refractivity contribution in [1.82, 2.24) is 14.7 Å². The molecule has 0 radical (unpaired) electrons. The first-order valence-corrected chi connectivity index (χ1v) is 9.64. The van der Waals surface area contributed by atoms with Gasteiger partial charge in [-0.3, -0.25) is 9.48 Å². The van der Waals surface area contributed by atoms with E-state index in [0.717, 1.165) is 19.4 Å². The quantitative estimate of drug-likeness (QED) is 0.823. The summed E-state index contributed by atoms with van der Waals surface area (Å²) in [7, 11) is -1.45. The summed E-state index contributed by atoms with van der Waals surface area (Å²) >= 11 is 0. The first-order valence-electron chi connectivity index (χ1n) is 7.68. The maximum absolute atomic E-state index is 12.6. The minimum Gasteiger partial charge on any atom is -0.337 e. The molecule has 2 rings (SSSR count). The molecule has 6 nitrogen and oxygen atoms in total. The van der Waals surface area contributed by atoms with Crippen molar-refractivity contribution in [2.75, 3.05) is 13.3 Å². The van der Waals surface area contributed by atoms with Gasteiger partial charge in [0.25, 0.3) is 5.91 Å². The van der Waals surface area contributed by atoms with Gasteiger partial charge >= 0.3 is 0 Å². The fraction of sp³-hybridized carbons (Fsp3) is 0.733. The smallest absolute Gasteiger partial charge is 0.257 e. The predicted molar refractivity (Wildman–Crippen MR) is 85.4 cm³/mol. The van der Waals surface area contributed by atoms with Crippen LogP contribution in [0.25, 0.3) is 0 Å². The van der Waals surface area contributed by atoms with E-state index in [9.17, 15) is 13.2 Å². The van der Waals surface area contributed by atoms with E-state index < -0.39 is 15.1 Å². The van der Waals surface area contributed by atoms with Crippen molar-refractivity contribution in [2.45, 2.75) is 50.9 Å². The summed E-state index contributed by atoms with van der Waals surface area (Å²) in [5.74, 6) is 0.292. The molecule has 0 bridgehead atoms. The zero-order chi connectivity index (χ0) is 16.5. The molecule has 1 aromatic rings. The molecule has 22 heavy (non-hydrogen) atoms. The Bertz CT molecular complexity index is 636. The lowest BCUT2D eigenvalue weighted by Gasteiger charge is -2.28. The number of hydrogen-bond acceptors (Lipinski definition) is 4. The van der Waals surface area contributed by atoms with Crippen LogP contribution in [0.15, 0.2) is 12.4 Å². The summed E-state index contributed by atoms with van der Waals surface area (Å²) in [4.78, 5) is 14.2. The molecule has 0 aromatic carbocycles. The van der Waals surface area contributed by atoms with E-state index in [0.29, 0.717) is 17.9 Å². The summed E-state index contributed by atoms with van der Waals surface area (Å²) in [5, 5.41) is 3.75. The summed E-state index contributed by atoms with van der Waals surface area (Å²) in [5.41, 5.74) is 0.516. The third-order valence-electron chi connectivity index (χ3n) is 4.22. The first-order chi connectivity index (χ1) is 10.2. The molecule has 0 aliphatic heterocycles. The van der Waals surface area contributed by atoms with Crippen LogP contribution in [0.1, 0.15) is 43.5 Å². The highest BCUT2D eigenvalue weighted by atomic mass is 32.2. The molecule has 0 spiro atoms. The summed E-state index contributed by atoms with van der Waals surface area (Å²) in [6, 6.07) is -0.240. The average Bonchev–Trinajstić information content (AvgIpc) is 3.03. The molecule has 1 aromatic heterocycles. The van der Waals surface area contributed by atoms with Gasteiger partial charge in [0.15, 0.2) is 9.84 Å². The second-order valence-electron chi connectivity index (χ2n) is 6.63. The van der Waals surface area contributed by atoms with Gasteiger partial charge < -0.3 is 4.90 Å². The van der Waals surface area contributed by atoms with Crippen molar-refractivity contribution in [1.29, 1.82) is 0 Å². The lowest BCUT2D eigenvalue weighted by atomic mass is 10.2. The Balaban J connectivity index is 2.13. The molecular weight excluding hydrogens is 302 g/mol. The fourth-order valence-corrected chi connectivity index (χ4v) is 4.64. The van der Waals surface area contributed by atoms with Crippen LogP contribution in [0, 0.1) is 5.92 Å². The molecule has 1 amide bonds. The summed E-state index contributed by atoms with van der Waals surface area (Å²) in [6.07, 6.45) is 6.77. The normalized spacial score (nSPS) is 22.2. The number of nitrogens with zero attached hydrogens (tertiary/aromatic N) is 3. The zero-order valence-corrected chi connectivity index (χ0v) is 14.5. The van der Waals surface area contributed by atoms with E-state index >= 15 is 0 Å². The number of hydrogen-bond donors (Lipinski definition) is 0. The zero-order valence-electron chi connectivity index (χ0n) is 13.7. The molecule has 0 N–H and O–H groups in total. The van der Waals surface area contributed by atoms with Crippen molar-refractivity contribution in [3.8, 4) is 0 Å². The monoisotopic (exact) mass is 327 g/mol. The summed E-state index contributed by atoms with van der Waals surface area (Å²) < 4.78 is 25.5. The average molecular weight is 327 g/mol. The Labute approximate surface area is 132 Å². The van der Waals surface area contributed by atoms with Crippen molar-refractivity contribution in [3.63, 3.8) is 0 Å². The van der Waals surface area contributed by atoms with Crippen LogP contribution in [0.5, 0.6) is 0 Å². The van der Waals surface area contributed by atoms with E-state index in [2.05, 4.69) is 18.9 Å². The van der Waals surface area contributed by atoms with E-state index in [1.807, 2.05) is 0 Å². The topological polar surface area (TPSA) is 72.3 Å². The van der Waals surface area contributed by atoms with Gasteiger partial charge in [0.2, 0.25) is 0 Å². The molecule has 2 atom stereocenters. The number of carbonyl (C=O) groups excluding carboxylic acids is 1. The molecule has 0 saturated heterocycles. The second kappa shape index (κ2) is 6.40. The van der Waals surface area contributed by atoms with Crippen molar-refractivity contribution in [3.05, 3.63) is 18.0 Å². The fourth-order valence-electron chi connectivity index (χ4n) is 3.15. The SMILES string of the molecule is CC(C)Cn1cc(C(=O)N(C)[C@@H]2CCC[C@@H]2S(C)(=O)=O)cn1. The minimum atomic E-state index is -3.14. The summed E-state index contributed by atoms with van der Waals surface area (Å²) in [6.45, 7) is 4.93. The van der Waals surface area contributed by atoms with Gasteiger partial charge in [-0.05, 0) is 25.2 Å². The highest BCUT2D eigenvalue weighted by Gasteiger charge is 2.39. The molecule has 1 heterocycles. The van der Waals surface area contributed by atoms with Gasteiger partial charge in [-0.15, -0.1) is 0 Å². The molecule has 1 aliphatic carbocycles. The Morgan fingerprint density at radius 2 is 2.14 bits per heavy atom.